The lowest BCUT2D eigenvalue weighted by Crippen LogP contribution is -2.40. The van der Waals surface area contributed by atoms with Crippen molar-refractivity contribution in [1.29, 1.82) is 0 Å². The molecule has 1 aliphatic rings. The number of hydrogen-bond acceptors (Lipinski definition) is 5. The molecular weight excluding hydrogens is 240 g/mol. The normalized spacial score (nSPS) is 29.1. The minimum absolute atomic E-state index is 0.00122. The number of aliphatic hydroxyl groups excluding tert-OH is 1. The molecule has 3 unspecified atom stereocenters. The van der Waals surface area contributed by atoms with Crippen molar-refractivity contribution < 1.29 is 13.5 Å². The second-order valence-electron chi connectivity index (χ2n) is 4.43. The van der Waals surface area contributed by atoms with Crippen molar-refractivity contribution in [2.75, 3.05) is 11.5 Å². The number of aliphatic hydroxyl groups is 1. The minimum Gasteiger partial charge on any atom is -0.390 e. The summed E-state index contributed by atoms with van der Waals surface area (Å²) in [7, 11) is -3.10. The van der Waals surface area contributed by atoms with Gasteiger partial charge in [-0.15, -0.1) is 0 Å². The van der Waals surface area contributed by atoms with E-state index >= 15 is 0 Å². The summed E-state index contributed by atoms with van der Waals surface area (Å²) in [6.07, 6.45) is 2.60. The standard InChI is InChI=1S/C11H16N2O3S/c1-8(9-3-2-4-12-5-9)13-10-6-17(15,16)7-11(10)14/h2-5,8,10-11,13-14H,6-7H2,1H3. The molecule has 2 heterocycles. The van der Waals surface area contributed by atoms with Crippen molar-refractivity contribution in [3.63, 3.8) is 0 Å². The molecule has 0 saturated carbocycles. The Labute approximate surface area is 101 Å². The number of aromatic nitrogens is 1. The Balaban J connectivity index is 2.03. The van der Waals surface area contributed by atoms with Gasteiger partial charge in [0.05, 0.1) is 17.6 Å². The highest BCUT2D eigenvalue weighted by Crippen LogP contribution is 2.17. The molecule has 2 rings (SSSR count). The number of sulfone groups is 1. The molecule has 6 heteroatoms. The van der Waals surface area contributed by atoms with Gasteiger partial charge in [0.25, 0.3) is 0 Å². The van der Waals surface area contributed by atoms with Crippen LogP contribution in [-0.4, -0.2) is 42.2 Å². The first-order valence-corrected chi connectivity index (χ1v) is 7.34. The van der Waals surface area contributed by atoms with Gasteiger partial charge in [-0.3, -0.25) is 4.98 Å². The predicted molar refractivity (Wildman–Crippen MR) is 64.2 cm³/mol. The van der Waals surface area contributed by atoms with Gasteiger partial charge in [0.15, 0.2) is 9.84 Å². The third-order valence-electron chi connectivity index (χ3n) is 2.97. The van der Waals surface area contributed by atoms with Crippen LogP contribution in [0.25, 0.3) is 0 Å². The molecule has 1 aromatic heterocycles. The summed E-state index contributed by atoms with van der Waals surface area (Å²) < 4.78 is 22.7. The van der Waals surface area contributed by atoms with Gasteiger partial charge in [-0.1, -0.05) is 6.07 Å². The molecule has 17 heavy (non-hydrogen) atoms. The molecular formula is C11H16N2O3S. The van der Waals surface area contributed by atoms with E-state index in [1.807, 2.05) is 19.1 Å². The van der Waals surface area contributed by atoms with E-state index in [4.69, 9.17) is 0 Å². The average Bonchev–Trinajstić information content (AvgIpc) is 2.53. The first-order chi connectivity index (χ1) is 7.98. The smallest absolute Gasteiger partial charge is 0.154 e. The third-order valence-corrected chi connectivity index (χ3v) is 4.69. The summed E-state index contributed by atoms with van der Waals surface area (Å²) in [6.45, 7) is 1.93. The van der Waals surface area contributed by atoms with Crippen LogP contribution in [-0.2, 0) is 9.84 Å². The molecule has 2 N–H and O–H groups in total. The second kappa shape index (κ2) is 4.72. The van der Waals surface area contributed by atoms with Crippen molar-refractivity contribution in [2.24, 2.45) is 0 Å². The van der Waals surface area contributed by atoms with E-state index in [0.29, 0.717) is 0 Å². The maximum absolute atomic E-state index is 11.4. The van der Waals surface area contributed by atoms with Crippen LogP contribution in [0.15, 0.2) is 24.5 Å². The Morgan fingerprint density at radius 3 is 2.82 bits per heavy atom. The number of rotatable bonds is 3. The van der Waals surface area contributed by atoms with Crippen LogP contribution in [0.2, 0.25) is 0 Å². The zero-order valence-electron chi connectivity index (χ0n) is 9.57. The first-order valence-electron chi connectivity index (χ1n) is 5.52. The molecule has 1 aromatic rings. The fraction of sp³-hybridized carbons (Fsp3) is 0.545. The van der Waals surface area contributed by atoms with E-state index in [1.165, 1.54) is 0 Å². The molecule has 0 aromatic carbocycles. The highest BCUT2D eigenvalue weighted by Gasteiger charge is 2.36. The molecule has 0 amide bonds. The Morgan fingerprint density at radius 2 is 2.29 bits per heavy atom. The summed E-state index contributed by atoms with van der Waals surface area (Å²) >= 11 is 0. The Bertz CT molecular complexity index is 475. The van der Waals surface area contributed by atoms with Crippen molar-refractivity contribution >= 4 is 9.84 Å². The number of nitrogens with zero attached hydrogens (tertiary/aromatic N) is 1. The van der Waals surface area contributed by atoms with Gasteiger partial charge in [-0.2, -0.15) is 0 Å². The molecule has 1 fully saturated rings. The predicted octanol–water partition coefficient (Wildman–Crippen LogP) is -0.110. The average molecular weight is 256 g/mol. The van der Waals surface area contributed by atoms with E-state index in [1.54, 1.807) is 12.4 Å². The van der Waals surface area contributed by atoms with Gasteiger partial charge in [-0.05, 0) is 18.6 Å². The number of nitrogens with one attached hydrogen (secondary N) is 1. The molecule has 94 valence electrons. The van der Waals surface area contributed by atoms with Gasteiger partial charge in [0.1, 0.15) is 0 Å². The monoisotopic (exact) mass is 256 g/mol. The SMILES string of the molecule is CC(NC1CS(=O)(=O)CC1O)c1cccnc1. The summed E-state index contributed by atoms with van der Waals surface area (Å²) in [6, 6.07) is 3.32. The van der Waals surface area contributed by atoms with Crippen molar-refractivity contribution in [3.8, 4) is 0 Å². The quantitative estimate of drug-likeness (QED) is 0.789. The minimum atomic E-state index is -3.10. The second-order valence-corrected chi connectivity index (χ2v) is 6.58. The topological polar surface area (TPSA) is 79.3 Å². The summed E-state index contributed by atoms with van der Waals surface area (Å²) in [5.41, 5.74) is 0.976. The summed E-state index contributed by atoms with van der Waals surface area (Å²) in [4.78, 5) is 4.01. The highest BCUT2D eigenvalue weighted by molar-refractivity contribution is 7.91. The van der Waals surface area contributed by atoms with Crippen LogP contribution in [0, 0.1) is 0 Å². The number of pyridine rings is 1. The maximum atomic E-state index is 11.4. The van der Waals surface area contributed by atoms with Crippen LogP contribution in [0.3, 0.4) is 0 Å². The first kappa shape index (κ1) is 12.5. The van der Waals surface area contributed by atoms with Gasteiger partial charge in [-0.25, -0.2) is 8.42 Å². The Kier molecular flexibility index (Phi) is 3.46. The molecule has 3 atom stereocenters. The molecule has 0 spiro atoms. The van der Waals surface area contributed by atoms with Crippen LogP contribution in [0.5, 0.6) is 0 Å². The maximum Gasteiger partial charge on any atom is 0.154 e. The largest absolute Gasteiger partial charge is 0.390 e. The fourth-order valence-electron chi connectivity index (χ4n) is 2.04. The lowest BCUT2D eigenvalue weighted by molar-refractivity contribution is 0.160. The molecule has 1 aliphatic heterocycles. The zero-order valence-corrected chi connectivity index (χ0v) is 10.4. The summed E-state index contributed by atoms with van der Waals surface area (Å²) in [5.74, 6) is -0.150. The van der Waals surface area contributed by atoms with E-state index in [-0.39, 0.29) is 17.5 Å². The van der Waals surface area contributed by atoms with Crippen LogP contribution < -0.4 is 5.32 Å². The van der Waals surface area contributed by atoms with E-state index < -0.39 is 22.0 Å². The van der Waals surface area contributed by atoms with E-state index in [0.717, 1.165) is 5.56 Å². The Morgan fingerprint density at radius 1 is 1.53 bits per heavy atom. The van der Waals surface area contributed by atoms with Crippen molar-refractivity contribution in [3.05, 3.63) is 30.1 Å². The third kappa shape index (κ3) is 3.02. The molecule has 0 radical (unpaired) electrons. The molecule has 0 bridgehead atoms. The van der Waals surface area contributed by atoms with Crippen molar-refractivity contribution in [2.45, 2.75) is 25.1 Å². The number of hydrogen-bond donors (Lipinski definition) is 2. The fourth-order valence-corrected chi connectivity index (χ4v) is 3.79. The van der Waals surface area contributed by atoms with Crippen LogP contribution in [0.4, 0.5) is 0 Å². The van der Waals surface area contributed by atoms with Gasteiger partial charge < -0.3 is 10.4 Å². The van der Waals surface area contributed by atoms with Gasteiger partial charge in [0.2, 0.25) is 0 Å². The lowest BCUT2D eigenvalue weighted by Gasteiger charge is -2.20. The van der Waals surface area contributed by atoms with E-state index in [2.05, 4.69) is 10.3 Å². The highest BCUT2D eigenvalue weighted by atomic mass is 32.2. The van der Waals surface area contributed by atoms with Gasteiger partial charge in [0, 0.05) is 24.5 Å². The molecule has 5 nitrogen and oxygen atoms in total. The van der Waals surface area contributed by atoms with Crippen LogP contribution >= 0.6 is 0 Å². The molecule has 0 aliphatic carbocycles. The van der Waals surface area contributed by atoms with Crippen molar-refractivity contribution in [1.82, 2.24) is 10.3 Å². The lowest BCUT2D eigenvalue weighted by atomic mass is 10.1. The Hall–Kier alpha value is -0.980. The zero-order chi connectivity index (χ0) is 12.5. The van der Waals surface area contributed by atoms with Gasteiger partial charge >= 0.3 is 0 Å². The van der Waals surface area contributed by atoms with E-state index in [9.17, 15) is 13.5 Å². The summed E-state index contributed by atoms with van der Waals surface area (Å²) in [5, 5.41) is 12.8. The molecule has 1 saturated heterocycles. The van der Waals surface area contributed by atoms with Crippen LogP contribution in [0.1, 0.15) is 18.5 Å².